The third kappa shape index (κ3) is 3.39. The van der Waals surface area contributed by atoms with E-state index in [1.807, 2.05) is 19.4 Å². The van der Waals surface area contributed by atoms with Crippen LogP contribution in [0.5, 0.6) is 0 Å². The number of anilines is 1. The fourth-order valence-electron chi connectivity index (χ4n) is 3.03. The maximum absolute atomic E-state index is 4.82. The average Bonchev–Trinajstić information content (AvgIpc) is 3.09. The molecule has 3 aromatic rings. The minimum atomic E-state index is 0.722. The van der Waals surface area contributed by atoms with Crippen LogP contribution in [0.4, 0.5) is 5.82 Å². The van der Waals surface area contributed by atoms with Crippen molar-refractivity contribution in [2.45, 2.75) is 6.92 Å². The number of hydrogen-bond donors (Lipinski definition) is 1. The van der Waals surface area contributed by atoms with E-state index in [2.05, 4.69) is 52.6 Å². The Morgan fingerprint density at radius 1 is 1.00 bits per heavy atom. The summed E-state index contributed by atoms with van der Waals surface area (Å²) in [6.45, 7) is 5.96. The molecular weight excluding hydrogens is 312 g/mol. The molecule has 128 valence electrons. The summed E-state index contributed by atoms with van der Waals surface area (Å²) >= 11 is 0. The molecule has 6 nitrogen and oxygen atoms in total. The second kappa shape index (κ2) is 6.64. The van der Waals surface area contributed by atoms with Gasteiger partial charge < -0.3 is 10.2 Å². The van der Waals surface area contributed by atoms with Crippen LogP contribution >= 0.6 is 0 Å². The van der Waals surface area contributed by atoms with Gasteiger partial charge in [0.05, 0.1) is 17.5 Å². The normalized spacial score (nSPS) is 14.7. The molecule has 0 amide bonds. The molecule has 0 bridgehead atoms. The minimum absolute atomic E-state index is 0.722. The maximum atomic E-state index is 4.82. The lowest BCUT2D eigenvalue weighted by Crippen LogP contribution is -2.44. The summed E-state index contributed by atoms with van der Waals surface area (Å²) in [5.41, 5.74) is 4.23. The number of nitrogens with zero attached hydrogens (tertiary/aromatic N) is 5. The van der Waals surface area contributed by atoms with E-state index in [0.717, 1.165) is 54.6 Å². The summed E-state index contributed by atoms with van der Waals surface area (Å²) in [5, 5.41) is 7.65. The van der Waals surface area contributed by atoms with E-state index in [1.165, 1.54) is 5.56 Å². The fourth-order valence-corrected chi connectivity index (χ4v) is 3.03. The monoisotopic (exact) mass is 334 g/mol. The average molecular weight is 334 g/mol. The molecule has 1 N–H and O–H groups in total. The SMILES string of the molecule is Cc1ccc(-c2cc(N3CCNCC3)nc(-c3cnn(C)c3)n2)cc1. The first-order chi connectivity index (χ1) is 12.2. The van der Waals surface area contributed by atoms with Gasteiger partial charge in [-0.15, -0.1) is 0 Å². The van der Waals surface area contributed by atoms with E-state index in [4.69, 9.17) is 9.97 Å². The lowest BCUT2D eigenvalue weighted by Gasteiger charge is -2.28. The number of aromatic nitrogens is 4. The lowest BCUT2D eigenvalue weighted by molar-refractivity contribution is 0.585. The highest BCUT2D eigenvalue weighted by atomic mass is 15.3. The van der Waals surface area contributed by atoms with Crippen LogP contribution in [0.1, 0.15) is 5.56 Å². The molecule has 0 spiro atoms. The van der Waals surface area contributed by atoms with Gasteiger partial charge in [-0.25, -0.2) is 9.97 Å². The van der Waals surface area contributed by atoms with E-state index in [-0.39, 0.29) is 0 Å². The van der Waals surface area contributed by atoms with Crippen LogP contribution < -0.4 is 10.2 Å². The third-order valence-corrected chi connectivity index (χ3v) is 4.46. The first-order valence-corrected chi connectivity index (χ1v) is 8.60. The van der Waals surface area contributed by atoms with Crippen LogP contribution in [0.15, 0.2) is 42.7 Å². The smallest absolute Gasteiger partial charge is 0.165 e. The molecule has 3 heterocycles. The zero-order valence-corrected chi connectivity index (χ0v) is 14.6. The van der Waals surface area contributed by atoms with Gasteiger partial charge in [-0.3, -0.25) is 4.68 Å². The lowest BCUT2D eigenvalue weighted by atomic mass is 10.1. The van der Waals surface area contributed by atoms with Gasteiger partial charge in [0.2, 0.25) is 0 Å². The Hall–Kier alpha value is -2.73. The van der Waals surface area contributed by atoms with E-state index >= 15 is 0 Å². The van der Waals surface area contributed by atoms with E-state index in [9.17, 15) is 0 Å². The Kier molecular flexibility index (Phi) is 4.19. The molecule has 4 rings (SSSR count). The predicted octanol–water partition coefficient (Wildman–Crippen LogP) is 2.26. The molecule has 0 unspecified atom stereocenters. The van der Waals surface area contributed by atoms with Crippen LogP contribution in [0, 0.1) is 6.92 Å². The highest BCUT2D eigenvalue weighted by Gasteiger charge is 2.16. The van der Waals surface area contributed by atoms with Crippen LogP contribution in [0.2, 0.25) is 0 Å². The summed E-state index contributed by atoms with van der Waals surface area (Å²) in [4.78, 5) is 11.9. The maximum Gasteiger partial charge on any atom is 0.165 e. The first kappa shape index (κ1) is 15.8. The summed E-state index contributed by atoms with van der Waals surface area (Å²) in [5.74, 6) is 1.70. The summed E-state index contributed by atoms with van der Waals surface area (Å²) in [6, 6.07) is 10.6. The summed E-state index contributed by atoms with van der Waals surface area (Å²) in [7, 11) is 1.91. The van der Waals surface area contributed by atoms with Crippen molar-refractivity contribution in [1.29, 1.82) is 0 Å². The topological polar surface area (TPSA) is 58.9 Å². The summed E-state index contributed by atoms with van der Waals surface area (Å²) < 4.78 is 1.78. The second-order valence-electron chi connectivity index (χ2n) is 6.44. The van der Waals surface area contributed by atoms with Gasteiger partial charge in [0.15, 0.2) is 5.82 Å². The van der Waals surface area contributed by atoms with E-state index < -0.39 is 0 Å². The Balaban J connectivity index is 1.80. The van der Waals surface area contributed by atoms with Crippen molar-refractivity contribution in [3.05, 3.63) is 48.3 Å². The first-order valence-electron chi connectivity index (χ1n) is 8.60. The molecule has 1 aromatic carbocycles. The number of benzene rings is 1. The molecule has 0 radical (unpaired) electrons. The quantitative estimate of drug-likeness (QED) is 0.796. The van der Waals surface area contributed by atoms with Crippen LogP contribution in [-0.4, -0.2) is 45.9 Å². The van der Waals surface area contributed by atoms with Crippen molar-refractivity contribution in [3.63, 3.8) is 0 Å². The molecule has 0 atom stereocenters. The molecule has 6 heteroatoms. The van der Waals surface area contributed by atoms with Gasteiger partial charge in [-0.05, 0) is 6.92 Å². The van der Waals surface area contributed by atoms with Crippen molar-refractivity contribution in [2.75, 3.05) is 31.1 Å². The number of nitrogens with one attached hydrogen (secondary N) is 1. The second-order valence-corrected chi connectivity index (χ2v) is 6.44. The molecule has 1 aliphatic rings. The molecule has 2 aromatic heterocycles. The van der Waals surface area contributed by atoms with Gasteiger partial charge in [-0.1, -0.05) is 29.8 Å². The Morgan fingerprint density at radius 2 is 1.76 bits per heavy atom. The van der Waals surface area contributed by atoms with E-state index in [0.29, 0.717) is 0 Å². The van der Waals surface area contributed by atoms with Gasteiger partial charge in [-0.2, -0.15) is 5.10 Å². The highest BCUT2D eigenvalue weighted by Crippen LogP contribution is 2.26. The number of rotatable bonds is 3. The van der Waals surface area contributed by atoms with Gasteiger partial charge in [0.1, 0.15) is 5.82 Å². The predicted molar refractivity (Wildman–Crippen MR) is 99.5 cm³/mol. The van der Waals surface area contributed by atoms with Gasteiger partial charge in [0, 0.05) is 51.1 Å². The van der Waals surface area contributed by atoms with Gasteiger partial charge in [0.25, 0.3) is 0 Å². The minimum Gasteiger partial charge on any atom is -0.354 e. The van der Waals surface area contributed by atoms with Crippen molar-refractivity contribution < 1.29 is 0 Å². The van der Waals surface area contributed by atoms with Crippen LogP contribution in [0.3, 0.4) is 0 Å². The zero-order valence-electron chi connectivity index (χ0n) is 14.6. The third-order valence-electron chi connectivity index (χ3n) is 4.46. The van der Waals surface area contributed by atoms with Crippen LogP contribution in [-0.2, 0) is 7.05 Å². The zero-order chi connectivity index (χ0) is 17.2. The molecule has 25 heavy (non-hydrogen) atoms. The molecule has 0 saturated carbocycles. The Labute approximate surface area is 147 Å². The van der Waals surface area contributed by atoms with Crippen molar-refractivity contribution in [2.24, 2.45) is 7.05 Å². The van der Waals surface area contributed by atoms with Crippen LogP contribution in [0.25, 0.3) is 22.6 Å². The summed E-state index contributed by atoms with van der Waals surface area (Å²) in [6.07, 6.45) is 3.77. The largest absolute Gasteiger partial charge is 0.354 e. The highest BCUT2D eigenvalue weighted by molar-refractivity contribution is 5.67. The van der Waals surface area contributed by atoms with E-state index in [1.54, 1.807) is 4.68 Å². The fraction of sp³-hybridized carbons (Fsp3) is 0.316. The molecular formula is C19H22N6. The standard InChI is InChI=1S/C19H22N6/c1-14-3-5-15(6-4-14)17-11-18(25-9-7-20-8-10-25)23-19(22-17)16-12-21-24(2)13-16/h3-6,11-13,20H,7-10H2,1-2H3. The van der Waals surface area contributed by atoms with Crippen molar-refractivity contribution in [3.8, 4) is 22.6 Å². The van der Waals surface area contributed by atoms with Gasteiger partial charge >= 0.3 is 0 Å². The Bertz CT molecular complexity index is 862. The molecule has 0 aliphatic carbocycles. The Morgan fingerprint density at radius 3 is 2.44 bits per heavy atom. The number of piperazine rings is 1. The number of aryl methyl sites for hydroxylation is 2. The van der Waals surface area contributed by atoms with Crippen molar-refractivity contribution in [1.82, 2.24) is 25.1 Å². The van der Waals surface area contributed by atoms with Crippen molar-refractivity contribution >= 4 is 5.82 Å². The molecule has 1 aliphatic heterocycles. The molecule has 1 saturated heterocycles. The number of hydrogen-bond acceptors (Lipinski definition) is 5. The molecule has 1 fully saturated rings.